The van der Waals surface area contributed by atoms with Crippen LogP contribution in [0, 0.1) is 11.8 Å². The van der Waals surface area contributed by atoms with E-state index in [4.69, 9.17) is 15.4 Å². The molecule has 0 saturated heterocycles. The number of carboxylic acids is 1. The summed E-state index contributed by atoms with van der Waals surface area (Å²) in [5, 5.41) is 11.4. The summed E-state index contributed by atoms with van der Waals surface area (Å²) in [6, 6.07) is -1.10. The molecule has 0 saturated carbocycles. The van der Waals surface area contributed by atoms with Crippen LogP contribution in [0.4, 0.5) is 4.79 Å². The zero-order chi connectivity index (χ0) is 16.8. The summed E-state index contributed by atoms with van der Waals surface area (Å²) in [7, 11) is -2.66. The van der Waals surface area contributed by atoms with Gasteiger partial charge in [0.1, 0.15) is 6.04 Å². The fourth-order valence-corrected chi connectivity index (χ4v) is 3.70. The summed E-state index contributed by atoms with van der Waals surface area (Å²) in [5.74, 6) is -1.91. The smallest absolute Gasteiger partial charge is 0.326 e. The predicted octanol–water partition coefficient (Wildman–Crippen LogP) is 2.45. The first-order valence-corrected chi connectivity index (χ1v) is 8.68. The number of carboxylic acid groups (broad SMARTS) is 1. The normalized spacial score (nSPS) is 17.3. The molecule has 7 nitrogen and oxygen atoms in total. The van der Waals surface area contributed by atoms with E-state index in [2.05, 4.69) is 5.32 Å². The molecule has 8 heteroatoms. The van der Waals surface area contributed by atoms with Crippen molar-refractivity contribution >= 4 is 19.0 Å². The fourth-order valence-electron chi connectivity index (χ4n) is 1.92. The Labute approximate surface area is 126 Å². The Morgan fingerprint density at radius 2 is 1.67 bits per heavy atom. The van der Waals surface area contributed by atoms with E-state index in [1.165, 1.54) is 0 Å². The molecule has 0 rings (SSSR count). The highest BCUT2D eigenvalue weighted by molar-refractivity contribution is 7.76. The number of carbonyl (C=O) groups excluding carboxylic acids is 1. The third-order valence-corrected chi connectivity index (χ3v) is 5.33. The lowest BCUT2D eigenvalue weighted by molar-refractivity contribution is -0.139. The summed E-state index contributed by atoms with van der Waals surface area (Å²) < 4.78 is 17.5. The minimum absolute atomic E-state index is 0.0673. The molecule has 0 spiro atoms. The summed E-state index contributed by atoms with van der Waals surface area (Å²) in [5.41, 5.74) is 4.90. The monoisotopic (exact) mass is 322 g/mol. The van der Waals surface area contributed by atoms with Gasteiger partial charge in [-0.15, -0.1) is 0 Å². The number of rotatable bonds is 9. The first-order chi connectivity index (χ1) is 9.54. The standard InChI is InChI=1S/C13H27N2O5P/c1-8(2)6-10(12(16)17)15-13(18)21(19,20-5)11(14)7-9(3)4/h8-11H,6-7,14H2,1-5H3,(H,15,18)(H,16,17)/t10-,11?,21?/m0/s1. The van der Waals surface area contributed by atoms with Gasteiger partial charge in [-0.3, -0.25) is 9.36 Å². The molecule has 0 bridgehead atoms. The number of hydrogen-bond donors (Lipinski definition) is 3. The Balaban J connectivity index is 5.07. The average Bonchev–Trinajstić information content (AvgIpc) is 2.35. The lowest BCUT2D eigenvalue weighted by atomic mass is 10.0. The Hall–Kier alpha value is -0.910. The van der Waals surface area contributed by atoms with Gasteiger partial charge in [-0.2, -0.15) is 0 Å². The quantitative estimate of drug-likeness (QED) is 0.561. The minimum atomic E-state index is -3.81. The van der Waals surface area contributed by atoms with Crippen LogP contribution in [0.1, 0.15) is 40.5 Å². The van der Waals surface area contributed by atoms with Gasteiger partial charge in [0.25, 0.3) is 0 Å². The summed E-state index contributed by atoms with van der Waals surface area (Å²) >= 11 is 0. The molecule has 3 atom stereocenters. The van der Waals surface area contributed by atoms with E-state index in [1.54, 1.807) is 0 Å². The molecule has 124 valence electrons. The Kier molecular flexibility index (Phi) is 8.14. The summed E-state index contributed by atoms with van der Waals surface area (Å²) in [6.07, 6.45) is 0.588. The van der Waals surface area contributed by atoms with Crippen molar-refractivity contribution in [3.63, 3.8) is 0 Å². The van der Waals surface area contributed by atoms with E-state index < -0.39 is 30.8 Å². The molecular formula is C13H27N2O5P. The van der Waals surface area contributed by atoms with Gasteiger partial charge in [0.15, 0.2) is 0 Å². The molecule has 0 aromatic carbocycles. The maximum Gasteiger partial charge on any atom is 0.326 e. The third kappa shape index (κ3) is 6.16. The van der Waals surface area contributed by atoms with Gasteiger partial charge in [0.2, 0.25) is 0 Å². The molecule has 0 heterocycles. The van der Waals surface area contributed by atoms with Crippen molar-refractivity contribution in [2.75, 3.05) is 7.11 Å². The molecule has 0 aliphatic carbocycles. The molecule has 0 aromatic rings. The average molecular weight is 322 g/mol. The van der Waals surface area contributed by atoms with Gasteiger partial charge in [0.05, 0.1) is 5.78 Å². The second-order valence-electron chi connectivity index (χ2n) is 5.95. The first-order valence-electron chi connectivity index (χ1n) is 6.99. The number of nitrogens with one attached hydrogen (secondary N) is 1. The van der Waals surface area contributed by atoms with Gasteiger partial charge in [-0.05, 0) is 24.7 Å². The van der Waals surface area contributed by atoms with Crippen LogP contribution in [0.15, 0.2) is 0 Å². The van der Waals surface area contributed by atoms with Gasteiger partial charge < -0.3 is 20.7 Å². The molecule has 4 N–H and O–H groups in total. The van der Waals surface area contributed by atoms with Crippen molar-refractivity contribution < 1.29 is 23.8 Å². The Morgan fingerprint density at radius 3 is 2.00 bits per heavy atom. The summed E-state index contributed by atoms with van der Waals surface area (Å²) in [4.78, 5) is 23.3. The van der Waals surface area contributed by atoms with E-state index in [9.17, 15) is 14.2 Å². The molecule has 0 radical (unpaired) electrons. The number of aliphatic carboxylic acids is 1. The zero-order valence-corrected chi connectivity index (χ0v) is 14.2. The molecule has 2 unspecified atom stereocenters. The van der Waals surface area contributed by atoms with Crippen molar-refractivity contribution in [3.05, 3.63) is 0 Å². The van der Waals surface area contributed by atoms with Crippen molar-refractivity contribution in [2.24, 2.45) is 17.6 Å². The van der Waals surface area contributed by atoms with Crippen molar-refractivity contribution in [3.8, 4) is 0 Å². The van der Waals surface area contributed by atoms with Crippen molar-refractivity contribution in [2.45, 2.75) is 52.4 Å². The number of amides is 1. The Bertz CT molecular complexity index is 411. The molecule has 0 aliphatic heterocycles. The molecule has 0 aromatic heterocycles. The van der Waals surface area contributed by atoms with E-state index in [1.807, 2.05) is 27.7 Å². The number of hydrogen-bond acceptors (Lipinski definition) is 5. The zero-order valence-electron chi connectivity index (χ0n) is 13.3. The van der Waals surface area contributed by atoms with Crippen molar-refractivity contribution in [1.29, 1.82) is 0 Å². The topological polar surface area (TPSA) is 119 Å². The van der Waals surface area contributed by atoms with Gasteiger partial charge in [-0.25, -0.2) is 4.79 Å². The van der Waals surface area contributed by atoms with Crippen LogP contribution < -0.4 is 11.1 Å². The molecule has 21 heavy (non-hydrogen) atoms. The Morgan fingerprint density at radius 1 is 1.19 bits per heavy atom. The van der Waals surface area contributed by atoms with Gasteiger partial charge in [0, 0.05) is 7.11 Å². The third-order valence-electron chi connectivity index (χ3n) is 3.01. The molecule has 0 aliphatic rings. The van der Waals surface area contributed by atoms with Crippen LogP contribution in [0.25, 0.3) is 0 Å². The first kappa shape index (κ1) is 20.1. The van der Waals surface area contributed by atoms with Crippen LogP contribution in [0.3, 0.4) is 0 Å². The largest absolute Gasteiger partial charge is 0.480 e. The molecule has 1 amide bonds. The van der Waals surface area contributed by atoms with E-state index in [0.717, 1.165) is 7.11 Å². The lowest BCUT2D eigenvalue weighted by Gasteiger charge is -2.25. The highest BCUT2D eigenvalue weighted by Crippen LogP contribution is 2.51. The highest BCUT2D eigenvalue weighted by Gasteiger charge is 2.40. The van der Waals surface area contributed by atoms with Crippen LogP contribution in [-0.4, -0.2) is 35.7 Å². The van der Waals surface area contributed by atoms with Crippen LogP contribution in [0.2, 0.25) is 0 Å². The maximum atomic E-state index is 12.6. The van der Waals surface area contributed by atoms with Crippen LogP contribution in [-0.2, 0) is 13.9 Å². The van der Waals surface area contributed by atoms with Crippen LogP contribution >= 0.6 is 7.37 Å². The molecule has 0 fully saturated rings. The van der Waals surface area contributed by atoms with Gasteiger partial charge >= 0.3 is 19.0 Å². The predicted molar refractivity (Wildman–Crippen MR) is 81.5 cm³/mol. The van der Waals surface area contributed by atoms with Gasteiger partial charge in [-0.1, -0.05) is 27.7 Å². The SMILES string of the molecule is COP(=O)(C(=O)N[C@@H](CC(C)C)C(=O)O)C(N)CC(C)C. The second kappa shape index (κ2) is 8.51. The van der Waals surface area contributed by atoms with Crippen LogP contribution in [0.5, 0.6) is 0 Å². The molecular weight excluding hydrogens is 295 g/mol. The van der Waals surface area contributed by atoms with E-state index in [0.29, 0.717) is 6.42 Å². The highest BCUT2D eigenvalue weighted by atomic mass is 31.2. The van der Waals surface area contributed by atoms with Crippen molar-refractivity contribution in [1.82, 2.24) is 5.32 Å². The van der Waals surface area contributed by atoms with E-state index in [-0.39, 0.29) is 18.3 Å². The maximum absolute atomic E-state index is 12.6. The summed E-state index contributed by atoms with van der Waals surface area (Å²) in [6.45, 7) is 7.44. The fraction of sp³-hybridized carbons (Fsp3) is 0.846. The minimum Gasteiger partial charge on any atom is -0.480 e. The number of nitrogens with two attached hydrogens (primary N) is 1. The lowest BCUT2D eigenvalue weighted by Crippen LogP contribution is -2.43. The second-order valence-corrected chi connectivity index (χ2v) is 8.58. The van der Waals surface area contributed by atoms with E-state index >= 15 is 0 Å². The number of carbonyl (C=O) groups is 2.